The molecule has 1 atom stereocenters. The normalized spacial score (nSPS) is 23.1. The molecular formula is C17H28N4. The lowest BCUT2D eigenvalue weighted by Gasteiger charge is -2.25. The number of hydrogen-bond acceptors (Lipinski definition) is 4. The predicted molar refractivity (Wildman–Crippen MR) is 87.7 cm³/mol. The van der Waals surface area contributed by atoms with E-state index in [9.17, 15) is 0 Å². The van der Waals surface area contributed by atoms with E-state index in [-0.39, 0.29) is 0 Å². The first-order valence-electron chi connectivity index (χ1n) is 8.52. The van der Waals surface area contributed by atoms with Crippen LogP contribution in [-0.2, 0) is 6.54 Å². The first kappa shape index (κ1) is 14.8. The molecule has 1 aromatic rings. The molecule has 1 N–H and O–H groups in total. The summed E-state index contributed by atoms with van der Waals surface area (Å²) in [6, 6.07) is 5.01. The van der Waals surface area contributed by atoms with E-state index < -0.39 is 0 Å². The van der Waals surface area contributed by atoms with E-state index in [1.807, 2.05) is 6.20 Å². The van der Waals surface area contributed by atoms with Gasteiger partial charge in [0.2, 0.25) is 0 Å². The van der Waals surface area contributed by atoms with Crippen molar-refractivity contribution in [2.75, 3.05) is 37.6 Å². The van der Waals surface area contributed by atoms with Crippen LogP contribution in [0.5, 0.6) is 0 Å². The van der Waals surface area contributed by atoms with Crippen molar-refractivity contribution < 1.29 is 0 Å². The Balaban J connectivity index is 1.63. The smallest absolute Gasteiger partial charge is 0.133 e. The molecule has 4 nitrogen and oxygen atoms in total. The molecule has 1 unspecified atom stereocenters. The van der Waals surface area contributed by atoms with Gasteiger partial charge in [0, 0.05) is 37.4 Å². The number of aromatic nitrogens is 1. The van der Waals surface area contributed by atoms with Crippen LogP contribution in [0.4, 0.5) is 5.82 Å². The minimum absolute atomic E-state index is 0.742. The molecule has 3 heterocycles. The molecular weight excluding hydrogens is 260 g/mol. The Morgan fingerprint density at radius 3 is 2.95 bits per heavy atom. The highest BCUT2D eigenvalue weighted by molar-refractivity contribution is 5.48. The van der Waals surface area contributed by atoms with Gasteiger partial charge in [-0.3, -0.25) is 4.90 Å². The molecule has 0 aromatic carbocycles. The first-order chi connectivity index (χ1) is 10.4. The summed E-state index contributed by atoms with van der Waals surface area (Å²) in [5, 5.41) is 3.50. The van der Waals surface area contributed by atoms with Gasteiger partial charge in [0.05, 0.1) is 0 Å². The number of nitrogens with zero attached hydrogens (tertiary/aromatic N) is 3. The van der Waals surface area contributed by atoms with Gasteiger partial charge < -0.3 is 10.2 Å². The summed E-state index contributed by atoms with van der Waals surface area (Å²) in [7, 11) is 0. The molecule has 0 amide bonds. The van der Waals surface area contributed by atoms with Crippen molar-refractivity contribution in [3.63, 3.8) is 0 Å². The molecule has 116 valence electrons. The zero-order chi connectivity index (χ0) is 14.5. The molecule has 1 aromatic heterocycles. The van der Waals surface area contributed by atoms with Crippen LogP contribution in [0.15, 0.2) is 18.3 Å². The standard InChI is InChI=1S/C17H28N4/c1-2-8-18-13-15-6-5-9-19-17(15)21-12-7-16(14-21)20-10-3-4-11-20/h5-6,9,16,18H,2-4,7-8,10-14H2,1H3. The van der Waals surface area contributed by atoms with Gasteiger partial charge in [-0.1, -0.05) is 13.0 Å². The van der Waals surface area contributed by atoms with Crippen LogP contribution in [-0.4, -0.2) is 48.6 Å². The van der Waals surface area contributed by atoms with Gasteiger partial charge in [0.15, 0.2) is 0 Å². The van der Waals surface area contributed by atoms with Gasteiger partial charge in [-0.15, -0.1) is 0 Å². The van der Waals surface area contributed by atoms with Gasteiger partial charge in [-0.05, 0) is 51.4 Å². The number of rotatable bonds is 6. The summed E-state index contributed by atoms with van der Waals surface area (Å²) < 4.78 is 0. The lowest BCUT2D eigenvalue weighted by Crippen LogP contribution is -2.35. The van der Waals surface area contributed by atoms with Crippen molar-refractivity contribution in [1.82, 2.24) is 15.2 Å². The minimum atomic E-state index is 0.742. The van der Waals surface area contributed by atoms with Crippen molar-refractivity contribution >= 4 is 5.82 Å². The SMILES string of the molecule is CCCNCc1cccnc1N1CCC(N2CCCC2)C1. The lowest BCUT2D eigenvalue weighted by molar-refractivity contribution is 0.260. The highest BCUT2D eigenvalue weighted by Crippen LogP contribution is 2.26. The number of nitrogens with one attached hydrogen (secondary N) is 1. The van der Waals surface area contributed by atoms with Gasteiger partial charge >= 0.3 is 0 Å². The topological polar surface area (TPSA) is 31.4 Å². The van der Waals surface area contributed by atoms with E-state index >= 15 is 0 Å². The fourth-order valence-electron chi connectivity index (χ4n) is 3.59. The second-order valence-electron chi connectivity index (χ2n) is 6.29. The van der Waals surface area contributed by atoms with E-state index in [2.05, 4.69) is 39.2 Å². The number of pyridine rings is 1. The average molecular weight is 288 g/mol. The third-order valence-corrected chi connectivity index (χ3v) is 4.73. The summed E-state index contributed by atoms with van der Waals surface area (Å²) in [6.07, 6.45) is 7.16. The van der Waals surface area contributed by atoms with Crippen LogP contribution < -0.4 is 10.2 Å². The van der Waals surface area contributed by atoms with Crippen LogP contribution >= 0.6 is 0 Å². The Kier molecular flexibility index (Phi) is 5.09. The molecule has 3 rings (SSSR count). The number of hydrogen-bond donors (Lipinski definition) is 1. The maximum absolute atomic E-state index is 4.67. The van der Waals surface area contributed by atoms with Gasteiger partial charge in [0.25, 0.3) is 0 Å². The summed E-state index contributed by atoms with van der Waals surface area (Å²) in [4.78, 5) is 9.84. The van der Waals surface area contributed by atoms with Crippen molar-refractivity contribution in [3.8, 4) is 0 Å². The quantitative estimate of drug-likeness (QED) is 0.814. The molecule has 0 spiro atoms. The number of anilines is 1. The van der Waals surface area contributed by atoms with Crippen molar-refractivity contribution in [3.05, 3.63) is 23.9 Å². The molecule has 0 bridgehead atoms. The Hall–Kier alpha value is -1.13. The molecule has 21 heavy (non-hydrogen) atoms. The summed E-state index contributed by atoms with van der Waals surface area (Å²) in [5.74, 6) is 1.20. The monoisotopic (exact) mass is 288 g/mol. The highest BCUT2D eigenvalue weighted by atomic mass is 15.3. The number of likely N-dealkylation sites (tertiary alicyclic amines) is 1. The van der Waals surface area contributed by atoms with Gasteiger partial charge in [-0.25, -0.2) is 4.98 Å². The lowest BCUT2D eigenvalue weighted by atomic mass is 10.2. The molecule has 2 fully saturated rings. The van der Waals surface area contributed by atoms with E-state index in [1.165, 1.54) is 50.2 Å². The Morgan fingerprint density at radius 2 is 2.14 bits per heavy atom. The fraction of sp³-hybridized carbons (Fsp3) is 0.706. The summed E-state index contributed by atoms with van der Waals surface area (Å²) in [6.45, 7) is 9.11. The Labute approximate surface area is 128 Å². The third-order valence-electron chi connectivity index (χ3n) is 4.73. The second-order valence-corrected chi connectivity index (χ2v) is 6.29. The van der Waals surface area contributed by atoms with Gasteiger partial charge in [0.1, 0.15) is 5.82 Å². The zero-order valence-electron chi connectivity index (χ0n) is 13.2. The van der Waals surface area contributed by atoms with E-state index in [1.54, 1.807) is 0 Å². The van der Waals surface area contributed by atoms with E-state index in [0.29, 0.717) is 0 Å². The maximum Gasteiger partial charge on any atom is 0.133 e. The largest absolute Gasteiger partial charge is 0.355 e. The third kappa shape index (κ3) is 3.55. The summed E-state index contributed by atoms with van der Waals surface area (Å²) in [5.41, 5.74) is 1.34. The van der Waals surface area contributed by atoms with Crippen LogP contribution in [0, 0.1) is 0 Å². The van der Waals surface area contributed by atoms with Crippen molar-refractivity contribution in [2.45, 2.75) is 45.2 Å². The Bertz CT molecular complexity index is 442. The summed E-state index contributed by atoms with van der Waals surface area (Å²) >= 11 is 0. The molecule has 0 radical (unpaired) electrons. The highest BCUT2D eigenvalue weighted by Gasteiger charge is 2.30. The van der Waals surface area contributed by atoms with Crippen LogP contribution in [0.3, 0.4) is 0 Å². The van der Waals surface area contributed by atoms with E-state index in [0.717, 1.165) is 32.2 Å². The predicted octanol–water partition coefficient (Wildman–Crippen LogP) is 2.26. The maximum atomic E-state index is 4.67. The van der Waals surface area contributed by atoms with Crippen molar-refractivity contribution in [2.24, 2.45) is 0 Å². The van der Waals surface area contributed by atoms with Crippen LogP contribution in [0.2, 0.25) is 0 Å². The van der Waals surface area contributed by atoms with Crippen LogP contribution in [0.1, 0.15) is 38.2 Å². The molecule has 0 saturated carbocycles. The molecule has 2 aliphatic heterocycles. The first-order valence-corrected chi connectivity index (χ1v) is 8.52. The molecule has 2 saturated heterocycles. The fourth-order valence-corrected chi connectivity index (χ4v) is 3.59. The van der Waals surface area contributed by atoms with E-state index in [4.69, 9.17) is 0 Å². The Morgan fingerprint density at radius 1 is 1.29 bits per heavy atom. The van der Waals surface area contributed by atoms with Crippen molar-refractivity contribution in [1.29, 1.82) is 0 Å². The zero-order valence-corrected chi connectivity index (χ0v) is 13.2. The minimum Gasteiger partial charge on any atom is -0.355 e. The average Bonchev–Trinajstić information content (AvgIpc) is 3.19. The molecule has 0 aliphatic carbocycles. The molecule has 2 aliphatic rings. The second kappa shape index (κ2) is 7.23. The molecule has 4 heteroatoms. The van der Waals surface area contributed by atoms with Crippen LogP contribution in [0.25, 0.3) is 0 Å². The van der Waals surface area contributed by atoms with Gasteiger partial charge in [-0.2, -0.15) is 0 Å².